The zero-order valence-corrected chi connectivity index (χ0v) is 13.5. The first kappa shape index (κ1) is 16.5. The minimum absolute atomic E-state index is 0.362. The molecule has 1 atom stereocenters. The number of nitrogens with two attached hydrogens (primary N) is 1. The van der Waals surface area contributed by atoms with Crippen LogP contribution in [0.4, 0.5) is 0 Å². The Balaban J connectivity index is 1.92. The number of likely N-dealkylation sites (tertiary alicyclic amines) is 1. The lowest BCUT2D eigenvalue weighted by molar-refractivity contribution is -0.143. The van der Waals surface area contributed by atoms with Crippen molar-refractivity contribution in [2.24, 2.45) is 5.73 Å². The molecule has 1 aromatic carbocycles. The Hall–Kier alpha value is -1.89. The number of carbonyl (C=O) groups is 3. The van der Waals surface area contributed by atoms with Crippen LogP contribution in [-0.2, 0) is 14.3 Å². The van der Waals surface area contributed by atoms with Crippen LogP contribution in [0.25, 0.3) is 0 Å². The number of rotatable bonds is 4. The third kappa shape index (κ3) is 4.07. The molecule has 6 nitrogen and oxygen atoms in total. The molecule has 1 aliphatic heterocycles. The average molecular weight is 369 g/mol. The second kappa shape index (κ2) is 7.40. The molecule has 0 radical (unpaired) electrons. The van der Waals surface area contributed by atoms with Gasteiger partial charge in [0.25, 0.3) is 5.91 Å². The molecule has 118 valence electrons. The molecule has 0 unspecified atom stereocenters. The van der Waals surface area contributed by atoms with E-state index in [0.29, 0.717) is 18.5 Å². The van der Waals surface area contributed by atoms with Gasteiger partial charge in [0.1, 0.15) is 6.04 Å². The topological polar surface area (TPSA) is 89.7 Å². The molecule has 1 aliphatic rings. The Labute approximate surface area is 136 Å². The quantitative estimate of drug-likeness (QED) is 0.814. The van der Waals surface area contributed by atoms with Crippen molar-refractivity contribution in [2.45, 2.75) is 25.3 Å². The molecule has 1 saturated heterocycles. The maximum Gasteiger partial charge on any atom is 0.338 e. The molecule has 1 heterocycles. The van der Waals surface area contributed by atoms with Gasteiger partial charge in [0.05, 0.1) is 5.56 Å². The van der Waals surface area contributed by atoms with Gasteiger partial charge in [-0.3, -0.25) is 9.59 Å². The highest BCUT2D eigenvalue weighted by molar-refractivity contribution is 9.10. The van der Waals surface area contributed by atoms with E-state index in [0.717, 1.165) is 17.3 Å². The number of piperidine rings is 1. The fourth-order valence-electron chi connectivity index (χ4n) is 2.41. The van der Waals surface area contributed by atoms with Crippen LogP contribution in [0.2, 0.25) is 0 Å². The summed E-state index contributed by atoms with van der Waals surface area (Å²) >= 11 is 3.27. The normalized spacial score (nSPS) is 17.9. The van der Waals surface area contributed by atoms with Crippen molar-refractivity contribution < 1.29 is 19.1 Å². The molecular weight excluding hydrogens is 352 g/mol. The molecule has 0 saturated carbocycles. The van der Waals surface area contributed by atoms with Crippen molar-refractivity contribution in [3.8, 4) is 0 Å². The number of esters is 1. The summed E-state index contributed by atoms with van der Waals surface area (Å²) in [6.45, 7) is 0.0704. The first-order valence-corrected chi connectivity index (χ1v) is 7.80. The van der Waals surface area contributed by atoms with E-state index in [1.54, 1.807) is 24.3 Å². The van der Waals surface area contributed by atoms with E-state index in [-0.39, 0.29) is 0 Å². The SMILES string of the molecule is NC(=O)[C@H]1CCCCN1C(=O)COC(=O)c1ccc(Br)cc1. The van der Waals surface area contributed by atoms with E-state index < -0.39 is 30.4 Å². The van der Waals surface area contributed by atoms with Crippen LogP contribution in [0.15, 0.2) is 28.7 Å². The third-order valence-electron chi connectivity index (χ3n) is 3.56. The van der Waals surface area contributed by atoms with Crippen LogP contribution in [0.1, 0.15) is 29.6 Å². The first-order chi connectivity index (χ1) is 10.5. The molecule has 1 fully saturated rings. The number of primary amides is 1. The number of halogens is 1. The summed E-state index contributed by atoms with van der Waals surface area (Å²) in [5.41, 5.74) is 5.67. The van der Waals surface area contributed by atoms with Gasteiger partial charge in [-0.2, -0.15) is 0 Å². The summed E-state index contributed by atoms with van der Waals surface area (Å²) in [6.07, 6.45) is 2.23. The highest BCUT2D eigenvalue weighted by Gasteiger charge is 2.30. The molecule has 2 amide bonds. The summed E-state index contributed by atoms with van der Waals surface area (Å²) < 4.78 is 5.86. The van der Waals surface area contributed by atoms with E-state index in [2.05, 4.69) is 15.9 Å². The van der Waals surface area contributed by atoms with Crippen LogP contribution in [0.5, 0.6) is 0 Å². The van der Waals surface area contributed by atoms with E-state index in [9.17, 15) is 14.4 Å². The van der Waals surface area contributed by atoms with Gasteiger partial charge in [0.2, 0.25) is 5.91 Å². The van der Waals surface area contributed by atoms with Crippen molar-refractivity contribution >= 4 is 33.7 Å². The monoisotopic (exact) mass is 368 g/mol. The Morgan fingerprint density at radius 3 is 2.55 bits per heavy atom. The lowest BCUT2D eigenvalue weighted by Crippen LogP contribution is -2.51. The summed E-state index contributed by atoms with van der Waals surface area (Å²) in [4.78, 5) is 36.8. The number of ether oxygens (including phenoxy) is 1. The summed E-state index contributed by atoms with van der Waals surface area (Å²) in [7, 11) is 0. The minimum atomic E-state index is -0.604. The van der Waals surface area contributed by atoms with Crippen molar-refractivity contribution in [3.63, 3.8) is 0 Å². The smallest absolute Gasteiger partial charge is 0.338 e. The maximum absolute atomic E-state index is 12.1. The molecule has 0 spiro atoms. The molecule has 2 rings (SSSR count). The predicted octanol–water partition coefficient (Wildman–Crippen LogP) is 1.47. The Morgan fingerprint density at radius 2 is 1.91 bits per heavy atom. The van der Waals surface area contributed by atoms with Gasteiger partial charge < -0.3 is 15.4 Å². The number of nitrogens with zero attached hydrogens (tertiary/aromatic N) is 1. The number of carbonyl (C=O) groups excluding carboxylic acids is 3. The van der Waals surface area contributed by atoms with E-state index in [1.807, 2.05) is 0 Å². The van der Waals surface area contributed by atoms with Gasteiger partial charge in [-0.1, -0.05) is 15.9 Å². The van der Waals surface area contributed by atoms with E-state index >= 15 is 0 Å². The van der Waals surface area contributed by atoms with Gasteiger partial charge >= 0.3 is 5.97 Å². The Bertz CT molecular complexity index is 573. The molecular formula is C15H17BrN2O4. The lowest BCUT2D eigenvalue weighted by atomic mass is 10.0. The molecule has 0 aromatic heterocycles. The average Bonchev–Trinajstić information content (AvgIpc) is 2.53. The Morgan fingerprint density at radius 1 is 1.23 bits per heavy atom. The molecule has 1 aromatic rings. The highest BCUT2D eigenvalue weighted by atomic mass is 79.9. The van der Waals surface area contributed by atoms with Crippen molar-refractivity contribution in [3.05, 3.63) is 34.3 Å². The number of hydrogen-bond donors (Lipinski definition) is 1. The first-order valence-electron chi connectivity index (χ1n) is 7.00. The van der Waals surface area contributed by atoms with Crippen LogP contribution in [-0.4, -0.2) is 41.9 Å². The van der Waals surface area contributed by atoms with Crippen molar-refractivity contribution in [1.82, 2.24) is 4.90 Å². The van der Waals surface area contributed by atoms with Gasteiger partial charge in [-0.25, -0.2) is 4.79 Å². The van der Waals surface area contributed by atoms with Gasteiger partial charge in [0.15, 0.2) is 6.61 Å². The zero-order valence-electron chi connectivity index (χ0n) is 12.0. The largest absolute Gasteiger partial charge is 0.452 e. The van der Waals surface area contributed by atoms with Crippen LogP contribution >= 0.6 is 15.9 Å². The number of benzene rings is 1. The number of hydrogen-bond acceptors (Lipinski definition) is 4. The van der Waals surface area contributed by atoms with Crippen LogP contribution < -0.4 is 5.73 Å². The lowest BCUT2D eigenvalue weighted by Gasteiger charge is -2.33. The van der Waals surface area contributed by atoms with Crippen LogP contribution in [0, 0.1) is 0 Å². The van der Waals surface area contributed by atoms with Crippen LogP contribution in [0.3, 0.4) is 0 Å². The van der Waals surface area contributed by atoms with Gasteiger partial charge in [-0.05, 0) is 43.5 Å². The summed E-state index contributed by atoms with van der Waals surface area (Å²) in [6, 6.07) is 6.03. The predicted molar refractivity (Wildman–Crippen MR) is 83.0 cm³/mol. The van der Waals surface area contributed by atoms with Gasteiger partial charge in [-0.15, -0.1) is 0 Å². The molecule has 0 bridgehead atoms. The molecule has 0 aliphatic carbocycles. The highest BCUT2D eigenvalue weighted by Crippen LogP contribution is 2.17. The fraction of sp³-hybridized carbons (Fsp3) is 0.400. The second-order valence-electron chi connectivity index (χ2n) is 5.08. The molecule has 7 heteroatoms. The summed E-state index contributed by atoms with van der Waals surface area (Å²) in [5, 5.41) is 0. The van der Waals surface area contributed by atoms with E-state index in [4.69, 9.17) is 10.5 Å². The minimum Gasteiger partial charge on any atom is -0.452 e. The second-order valence-corrected chi connectivity index (χ2v) is 6.00. The van der Waals surface area contributed by atoms with Crippen molar-refractivity contribution in [1.29, 1.82) is 0 Å². The maximum atomic E-state index is 12.1. The van der Waals surface area contributed by atoms with E-state index in [1.165, 1.54) is 4.90 Å². The Kier molecular flexibility index (Phi) is 5.54. The molecule has 2 N–H and O–H groups in total. The van der Waals surface area contributed by atoms with Gasteiger partial charge in [0, 0.05) is 11.0 Å². The summed E-state index contributed by atoms with van der Waals surface area (Å²) in [5.74, 6) is -1.49. The standard InChI is InChI=1S/C15H17BrN2O4/c16-11-6-4-10(5-7-11)15(21)22-9-13(19)18-8-2-1-3-12(18)14(17)20/h4-7,12H,1-3,8-9H2,(H2,17,20)/t12-/m1/s1. The van der Waals surface area contributed by atoms with Crippen molar-refractivity contribution in [2.75, 3.05) is 13.2 Å². The fourth-order valence-corrected chi connectivity index (χ4v) is 2.67. The third-order valence-corrected chi connectivity index (χ3v) is 4.09. The molecule has 22 heavy (non-hydrogen) atoms. The zero-order chi connectivity index (χ0) is 16.1. The number of amides is 2.